The number of carbonyl (C=O) groups is 1. The van der Waals surface area contributed by atoms with Gasteiger partial charge >= 0.3 is 6.03 Å². The molecule has 0 bridgehead atoms. The molecule has 134 valence electrons. The molecule has 1 saturated heterocycles. The second kappa shape index (κ2) is 9.37. The normalized spacial score (nSPS) is 17.5. The Balaban J connectivity index is 2.04. The van der Waals surface area contributed by atoms with E-state index in [2.05, 4.69) is 19.2 Å². The van der Waals surface area contributed by atoms with E-state index in [1.165, 1.54) is 0 Å². The molecule has 1 unspecified atom stereocenters. The van der Waals surface area contributed by atoms with Crippen LogP contribution in [-0.4, -0.2) is 49.9 Å². The van der Waals surface area contributed by atoms with Crippen LogP contribution in [0.15, 0.2) is 18.2 Å². The summed E-state index contributed by atoms with van der Waals surface area (Å²) in [5, 5.41) is 2.93. The van der Waals surface area contributed by atoms with Crippen molar-refractivity contribution >= 4 is 11.7 Å². The smallest absolute Gasteiger partial charge is 0.322 e. The zero-order chi connectivity index (χ0) is 17.4. The van der Waals surface area contributed by atoms with E-state index < -0.39 is 0 Å². The lowest BCUT2D eigenvalue weighted by Crippen LogP contribution is -2.46. The molecule has 0 radical (unpaired) electrons. The predicted octanol–water partition coefficient (Wildman–Crippen LogP) is 3.52. The number of urea groups is 1. The third-order valence-electron chi connectivity index (χ3n) is 3.65. The first-order chi connectivity index (χ1) is 11.6. The summed E-state index contributed by atoms with van der Waals surface area (Å²) < 4.78 is 16.9. The van der Waals surface area contributed by atoms with Crippen molar-refractivity contribution in [3.8, 4) is 11.5 Å². The van der Waals surface area contributed by atoms with E-state index >= 15 is 0 Å². The molecule has 1 aliphatic heterocycles. The third-order valence-corrected chi connectivity index (χ3v) is 3.65. The molecule has 1 N–H and O–H groups in total. The minimum atomic E-state index is -0.117. The van der Waals surface area contributed by atoms with Crippen molar-refractivity contribution in [3.63, 3.8) is 0 Å². The summed E-state index contributed by atoms with van der Waals surface area (Å²) in [5.41, 5.74) is 0.703. The van der Waals surface area contributed by atoms with Gasteiger partial charge in [0.1, 0.15) is 0 Å². The van der Waals surface area contributed by atoms with E-state index in [9.17, 15) is 4.79 Å². The van der Waals surface area contributed by atoms with Crippen LogP contribution in [0.25, 0.3) is 0 Å². The summed E-state index contributed by atoms with van der Waals surface area (Å²) in [4.78, 5) is 14.1. The lowest BCUT2D eigenvalue weighted by atomic mass is 10.2. The van der Waals surface area contributed by atoms with Crippen LogP contribution in [0.5, 0.6) is 11.5 Å². The highest BCUT2D eigenvalue weighted by Crippen LogP contribution is 2.31. The molecule has 0 saturated carbocycles. The molecule has 1 heterocycles. The molecule has 1 fully saturated rings. The van der Waals surface area contributed by atoms with E-state index in [0.717, 1.165) is 12.8 Å². The van der Waals surface area contributed by atoms with Gasteiger partial charge in [0.15, 0.2) is 11.5 Å². The Morgan fingerprint density at radius 2 is 1.96 bits per heavy atom. The van der Waals surface area contributed by atoms with Crippen molar-refractivity contribution < 1.29 is 19.0 Å². The molecule has 2 rings (SSSR count). The fourth-order valence-electron chi connectivity index (χ4n) is 2.45. The molecule has 1 aromatic carbocycles. The number of hydrogen-bond donors (Lipinski definition) is 1. The lowest BCUT2D eigenvalue weighted by Gasteiger charge is -2.31. The first-order valence-electron chi connectivity index (χ1n) is 8.71. The van der Waals surface area contributed by atoms with Gasteiger partial charge in [-0.2, -0.15) is 0 Å². The summed E-state index contributed by atoms with van der Waals surface area (Å²) in [6.45, 7) is 9.11. The minimum Gasteiger partial charge on any atom is -0.490 e. The van der Waals surface area contributed by atoms with Crippen molar-refractivity contribution in [1.82, 2.24) is 4.90 Å². The van der Waals surface area contributed by atoms with Gasteiger partial charge in [-0.3, -0.25) is 0 Å². The number of amides is 2. The number of hydrogen-bond acceptors (Lipinski definition) is 4. The molecular weight excluding hydrogens is 308 g/mol. The van der Waals surface area contributed by atoms with Crippen LogP contribution in [-0.2, 0) is 4.74 Å². The Bertz CT molecular complexity index is 536. The number of rotatable bonds is 7. The van der Waals surface area contributed by atoms with Crippen molar-refractivity contribution in [2.24, 2.45) is 0 Å². The number of carbonyl (C=O) groups excluding carboxylic acids is 1. The van der Waals surface area contributed by atoms with Crippen LogP contribution < -0.4 is 14.8 Å². The van der Waals surface area contributed by atoms with Gasteiger partial charge in [0.25, 0.3) is 0 Å². The second-order valence-electron chi connectivity index (χ2n) is 5.92. The van der Waals surface area contributed by atoms with Crippen molar-refractivity contribution in [2.45, 2.75) is 39.7 Å². The number of anilines is 1. The second-order valence-corrected chi connectivity index (χ2v) is 5.92. The van der Waals surface area contributed by atoms with Gasteiger partial charge in [-0.1, -0.05) is 13.8 Å². The SMILES string of the molecule is CCCOc1ccc(NC(=O)N2CCOC(C)C2)cc1OCCC. The Labute approximate surface area is 144 Å². The first-order valence-corrected chi connectivity index (χ1v) is 8.71. The Hall–Kier alpha value is -1.95. The number of nitrogens with zero attached hydrogens (tertiary/aromatic N) is 1. The number of morpholine rings is 1. The van der Waals surface area contributed by atoms with Crippen LogP contribution in [0.3, 0.4) is 0 Å². The molecule has 24 heavy (non-hydrogen) atoms. The zero-order valence-corrected chi connectivity index (χ0v) is 14.8. The fraction of sp³-hybridized carbons (Fsp3) is 0.611. The van der Waals surface area contributed by atoms with Crippen molar-refractivity contribution in [3.05, 3.63) is 18.2 Å². The molecule has 6 nitrogen and oxygen atoms in total. The van der Waals surface area contributed by atoms with E-state index in [-0.39, 0.29) is 12.1 Å². The van der Waals surface area contributed by atoms with Crippen LogP contribution in [0.1, 0.15) is 33.6 Å². The predicted molar refractivity (Wildman–Crippen MR) is 94.0 cm³/mol. The van der Waals surface area contributed by atoms with E-state index in [1.54, 1.807) is 4.90 Å². The molecule has 0 aliphatic carbocycles. The molecule has 1 aliphatic rings. The van der Waals surface area contributed by atoms with Gasteiger partial charge in [0.2, 0.25) is 0 Å². The maximum atomic E-state index is 12.4. The highest BCUT2D eigenvalue weighted by Gasteiger charge is 2.21. The Kier molecular flexibility index (Phi) is 7.18. The summed E-state index contributed by atoms with van der Waals surface area (Å²) in [6, 6.07) is 5.39. The van der Waals surface area contributed by atoms with Crippen LogP contribution in [0.4, 0.5) is 10.5 Å². The average molecular weight is 336 g/mol. The highest BCUT2D eigenvalue weighted by atomic mass is 16.5. The summed E-state index contributed by atoms with van der Waals surface area (Å²) in [6.07, 6.45) is 1.91. The minimum absolute atomic E-state index is 0.0674. The maximum absolute atomic E-state index is 12.4. The summed E-state index contributed by atoms with van der Waals surface area (Å²) in [5.74, 6) is 1.38. The highest BCUT2D eigenvalue weighted by molar-refractivity contribution is 5.89. The molecule has 6 heteroatoms. The van der Waals surface area contributed by atoms with E-state index in [1.807, 2.05) is 25.1 Å². The number of benzene rings is 1. The van der Waals surface area contributed by atoms with Crippen LogP contribution >= 0.6 is 0 Å². The average Bonchev–Trinajstić information content (AvgIpc) is 2.59. The quantitative estimate of drug-likeness (QED) is 0.828. The number of nitrogens with one attached hydrogen (secondary N) is 1. The van der Waals surface area contributed by atoms with Gasteiger partial charge in [0, 0.05) is 24.8 Å². The molecule has 0 aromatic heterocycles. The Morgan fingerprint density at radius 3 is 2.62 bits per heavy atom. The van der Waals surface area contributed by atoms with Gasteiger partial charge in [0.05, 0.1) is 25.9 Å². The summed E-state index contributed by atoms with van der Waals surface area (Å²) in [7, 11) is 0. The summed E-state index contributed by atoms with van der Waals surface area (Å²) >= 11 is 0. The fourth-order valence-corrected chi connectivity index (χ4v) is 2.45. The maximum Gasteiger partial charge on any atom is 0.322 e. The molecule has 2 amide bonds. The monoisotopic (exact) mass is 336 g/mol. The van der Waals surface area contributed by atoms with Gasteiger partial charge in [-0.05, 0) is 31.9 Å². The van der Waals surface area contributed by atoms with Crippen molar-refractivity contribution in [2.75, 3.05) is 38.2 Å². The van der Waals surface area contributed by atoms with Gasteiger partial charge in [-0.25, -0.2) is 4.79 Å². The number of ether oxygens (including phenoxy) is 3. The van der Waals surface area contributed by atoms with E-state index in [4.69, 9.17) is 14.2 Å². The standard InChI is InChI=1S/C18H28N2O4/c1-4-9-23-16-7-6-15(12-17(16)24-10-5-2)19-18(21)20-8-11-22-14(3)13-20/h6-7,12,14H,4-5,8-11,13H2,1-3H3,(H,19,21). The molecular formula is C18H28N2O4. The van der Waals surface area contributed by atoms with Crippen LogP contribution in [0, 0.1) is 0 Å². The molecule has 1 atom stereocenters. The van der Waals surface area contributed by atoms with Crippen LogP contribution in [0.2, 0.25) is 0 Å². The topological polar surface area (TPSA) is 60.0 Å². The van der Waals surface area contributed by atoms with Gasteiger partial charge in [-0.15, -0.1) is 0 Å². The van der Waals surface area contributed by atoms with Gasteiger partial charge < -0.3 is 24.4 Å². The Morgan fingerprint density at radius 1 is 1.25 bits per heavy atom. The molecule has 1 aromatic rings. The third kappa shape index (κ3) is 5.30. The lowest BCUT2D eigenvalue weighted by molar-refractivity contribution is -0.00138. The van der Waals surface area contributed by atoms with Crippen molar-refractivity contribution in [1.29, 1.82) is 0 Å². The zero-order valence-electron chi connectivity index (χ0n) is 14.8. The molecule has 0 spiro atoms. The largest absolute Gasteiger partial charge is 0.490 e. The first kappa shape index (κ1) is 18.4. The van der Waals surface area contributed by atoms with E-state index in [0.29, 0.717) is 50.1 Å².